The Morgan fingerprint density at radius 2 is 1.69 bits per heavy atom. The first kappa shape index (κ1) is 25.1. The van der Waals surface area contributed by atoms with Gasteiger partial charge >= 0.3 is 5.97 Å². The summed E-state index contributed by atoms with van der Waals surface area (Å²) in [7, 11) is 1.37. The highest BCUT2D eigenvalue weighted by Crippen LogP contribution is 2.22. The van der Waals surface area contributed by atoms with Gasteiger partial charge in [0.2, 0.25) is 5.91 Å². The van der Waals surface area contributed by atoms with E-state index in [9.17, 15) is 14.4 Å². The fourth-order valence-electron chi connectivity index (χ4n) is 2.91. The first-order valence-electron chi connectivity index (χ1n) is 10.4. The van der Waals surface area contributed by atoms with Gasteiger partial charge in [-0.15, -0.1) is 0 Å². The molecule has 1 fully saturated rings. The Morgan fingerprint density at radius 3 is 2.34 bits per heavy atom. The van der Waals surface area contributed by atoms with Crippen LogP contribution in [0.25, 0.3) is 0 Å². The smallest absolute Gasteiger partial charge is 0.330 e. The van der Waals surface area contributed by atoms with E-state index in [1.165, 1.54) is 13.2 Å². The maximum absolute atomic E-state index is 11.9. The number of amides is 2. The van der Waals surface area contributed by atoms with Crippen molar-refractivity contribution in [2.45, 2.75) is 77.1 Å². The lowest BCUT2D eigenvalue weighted by atomic mass is 10.1. The molecular formula is C21H36N2O6. The molecule has 0 bridgehead atoms. The van der Waals surface area contributed by atoms with Gasteiger partial charge in [-0.1, -0.05) is 31.8 Å². The number of nitrogens with one attached hydrogen (secondary N) is 2. The number of unbranched alkanes of at least 4 members (excludes halogenated alkanes) is 6. The van der Waals surface area contributed by atoms with E-state index in [0.717, 1.165) is 44.9 Å². The molecule has 0 aliphatic carbocycles. The molecule has 1 atom stereocenters. The van der Waals surface area contributed by atoms with Crippen LogP contribution in [0.4, 0.5) is 0 Å². The highest BCUT2D eigenvalue weighted by atomic mass is 16.7. The fourth-order valence-corrected chi connectivity index (χ4v) is 2.91. The van der Waals surface area contributed by atoms with Crippen molar-refractivity contribution in [1.29, 1.82) is 0 Å². The number of rotatable bonds is 14. The van der Waals surface area contributed by atoms with Crippen molar-refractivity contribution >= 4 is 17.8 Å². The number of esters is 1. The van der Waals surface area contributed by atoms with Crippen LogP contribution in [-0.2, 0) is 28.6 Å². The fraction of sp³-hybridized carbons (Fsp3) is 0.762. The first-order chi connectivity index (χ1) is 13.8. The van der Waals surface area contributed by atoms with Gasteiger partial charge < -0.3 is 24.8 Å². The van der Waals surface area contributed by atoms with E-state index in [0.29, 0.717) is 19.5 Å². The Hall–Kier alpha value is -1.93. The normalized spacial score (nSPS) is 18.0. The highest BCUT2D eigenvalue weighted by molar-refractivity contribution is 5.82. The molecule has 0 spiro atoms. The van der Waals surface area contributed by atoms with Crippen molar-refractivity contribution < 1.29 is 28.6 Å². The molecule has 0 saturated carbocycles. The van der Waals surface area contributed by atoms with E-state index in [1.54, 1.807) is 13.8 Å². The molecular weight excluding hydrogens is 376 g/mol. The van der Waals surface area contributed by atoms with Crippen LogP contribution in [0.1, 0.15) is 65.2 Å². The van der Waals surface area contributed by atoms with E-state index in [1.807, 2.05) is 6.08 Å². The molecule has 2 N–H and O–H groups in total. The van der Waals surface area contributed by atoms with Crippen LogP contribution in [0.5, 0.6) is 0 Å². The Labute approximate surface area is 173 Å². The molecule has 166 valence electrons. The molecule has 2 amide bonds. The molecule has 8 heteroatoms. The summed E-state index contributed by atoms with van der Waals surface area (Å²) < 4.78 is 15.4. The molecule has 8 nitrogen and oxygen atoms in total. The summed E-state index contributed by atoms with van der Waals surface area (Å²) in [4.78, 5) is 34.6. The standard InChI is InChI=1S/C21H36N2O6/c1-21(2)28-16-17(29-21)20(26)23-15-14-22-18(24)12-10-8-6-4-5-7-9-11-13-19(25)27-3/h11,13,17H,4-10,12,14-16H2,1-3H3,(H,22,24)(H,23,26)/t17-/m0/s1. The molecule has 1 aliphatic rings. The number of methoxy groups -OCH3 is 1. The Balaban J connectivity index is 1.90. The Morgan fingerprint density at radius 1 is 1.03 bits per heavy atom. The first-order valence-corrected chi connectivity index (χ1v) is 10.4. The molecule has 0 unspecified atom stereocenters. The molecule has 1 rings (SSSR count). The van der Waals surface area contributed by atoms with Crippen LogP contribution >= 0.6 is 0 Å². The van der Waals surface area contributed by atoms with Crippen molar-refractivity contribution in [2.75, 3.05) is 26.8 Å². The molecule has 0 aromatic carbocycles. The number of hydrogen-bond acceptors (Lipinski definition) is 6. The second-order valence-electron chi connectivity index (χ2n) is 7.54. The molecule has 1 saturated heterocycles. The van der Waals surface area contributed by atoms with Crippen LogP contribution in [0.3, 0.4) is 0 Å². The second-order valence-corrected chi connectivity index (χ2v) is 7.54. The summed E-state index contributed by atoms with van der Waals surface area (Å²) in [6.45, 7) is 4.56. The molecule has 1 aliphatic heterocycles. The van der Waals surface area contributed by atoms with E-state index in [-0.39, 0.29) is 24.4 Å². The SMILES string of the molecule is COC(=O)C=CCCCCCCCCC(=O)NCCNC(=O)[C@@H]1COC(C)(C)O1. The van der Waals surface area contributed by atoms with E-state index < -0.39 is 11.9 Å². The minimum atomic E-state index is -0.724. The van der Waals surface area contributed by atoms with Gasteiger partial charge in [0.1, 0.15) is 0 Å². The average Bonchev–Trinajstić information content (AvgIpc) is 3.06. The predicted octanol–water partition coefficient (Wildman–Crippen LogP) is 2.22. The Bertz CT molecular complexity index is 547. The van der Waals surface area contributed by atoms with E-state index >= 15 is 0 Å². The maximum atomic E-state index is 11.9. The van der Waals surface area contributed by atoms with Gasteiger partial charge in [-0.25, -0.2) is 4.79 Å². The average molecular weight is 413 g/mol. The molecule has 1 heterocycles. The molecule has 29 heavy (non-hydrogen) atoms. The second kappa shape index (κ2) is 14.1. The van der Waals surface area contributed by atoms with Crippen molar-refractivity contribution in [3.8, 4) is 0 Å². The van der Waals surface area contributed by atoms with Crippen LogP contribution in [0.15, 0.2) is 12.2 Å². The zero-order valence-corrected chi connectivity index (χ0v) is 18.0. The van der Waals surface area contributed by atoms with E-state index in [2.05, 4.69) is 15.4 Å². The number of carbonyl (C=O) groups is 3. The lowest BCUT2D eigenvalue weighted by Gasteiger charge is -2.16. The highest BCUT2D eigenvalue weighted by Gasteiger charge is 2.36. The van der Waals surface area contributed by atoms with Crippen LogP contribution in [0.2, 0.25) is 0 Å². The summed E-state index contributed by atoms with van der Waals surface area (Å²) in [5.41, 5.74) is 0. The van der Waals surface area contributed by atoms with Crippen molar-refractivity contribution in [1.82, 2.24) is 10.6 Å². The topological polar surface area (TPSA) is 103 Å². The summed E-state index contributed by atoms with van der Waals surface area (Å²) in [6.07, 6.45) is 10.4. The predicted molar refractivity (Wildman–Crippen MR) is 109 cm³/mol. The number of hydrogen-bond donors (Lipinski definition) is 2. The third-order valence-corrected chi connectivity index (χ3v) is 4.53. The number of ether oxygens (including phenoxy) is 3. The quantitative estimate of drug-likeness (QED) is 0.258. The van der Waals surface area contributed by atoms with Gasteiger partial charge in [0, 0.05) is 25.6 Å². The summed E-state index contributed by atoms with van der Waals surface area (Å²) >= 11 is 0. The van der Waals surface area contributed by atoms with Gasteiger partial charge in [-0.2, -0.15) is 0 Å². The lowest BCUT2D eigenvalue weighted by molar-refractivity contribution is -0.153. The van der Waals surface area contributed by atoms with Gasteiger partial charge in [-0.05, 0) is 33.1 Å². The van der Waals surface area contributed by atoms with Gasteiger partial charge in [0.15, 0.2) is 11.9 Å². The number of carbonyl (C=O) groups excluding carboxylic acids is 3. The van der Waals surface area contributed by atoms with Crippen LogP contribution in [-0.4, -0.2) is 56.5 Å². The minimum Gasteiger partial charge on any atom is -0.466 e. The van der Waals surface area contributed by atoms with Crippen molar-refractivity contribution in [3.63, 3.8) is 0 Å². The molecule has 0 aromatic rings. The summed E-state index contributed by atoms with van der Waals surface area (Å²) in [6, 6.07) is 0. The zero-order valence-electron chi connectivity index (χ0n) is 18.0. The van der Waals surface area contributed by atoms with Gasteiger partial charge in [0.25, 0.3) is 5.91 Å². The monoisotopic (exact) mass is 412 g/mol. The van der Waals surface area contributed by atoms with E-state index in [4.69, 9.17) is 9.47 Å². The molecule has 0 aromatic heterocycles. The van der Waals surface area contributed by atoms with Crippen LogP contribution in [0, 0.1) is 0 Å². The Kier molecular flexibility index (Phi) is 12.2. The minimum absolute atomic E-state index is 0.00813. The maximum Gasteiger partial charge on any atom is 0.330 e. The largest absolute Gasteiger partial charge is 0.466 e. The van der Waals surface area contributed by atoms with Gasteiger partial charge in [-0.3, -0.25) is 9.59 Å². The third kappa shape index (κ3) is 12.3. The summed E-state index contributed by atoms with van der Waals surface area (Å²) in [5.74, 6) is -1.25. The van der Waals surface area contributed by atoms with Crippen molar-refractivity contribution in [2.24, 2.45) is 0 Å². The van der Waals surface area contributed by atoms with Crippen LogP contribution < -0.4 is 10.6 Å². The molecule has 0 radical (unpaired) electrons. The zero-order chi connectivity index (χ0) is 21.5. The third-order valence-electron chi connectivity index (χ3n) is 4.53. The lowest BCUT2D eigenvalue weighted by Crippen LogP contribution is -2.41. The number of allylic oxidation sites excluding steroid dienone is 1. The van der Waals surface area contributed by atoms with Crippen molar-refractivity contribution in [3.05, 3.63) is 12.2 Å². The summed E-state index contributed by atoms with van der Waals surface area (Å²) in [5, 5.41) is 5.56. The van der Waals surface area contributed by atoms with Gasteiger partial charge in [0.05, 0.1) is 13.7 Å².